The highest BCUT2D eigenvalue weighted by Crippen LogP contribution is 2.33. The summed E-state index contributed by atoms with van der Waals surface area (Å²) in [5.41, 5.74) is 0.666. The number of nitriles is 1. The molecule has 1 aromatic carbocycles. The van der Waals surface area contributed by atoms with Gasteiger partial charge in [-0.3, -0.25) is 0 Å². The van der Waals surface area contributed by atoms with E-state index in [2.05, 4.69) is 11.1 Å². The van der Waals surface area contributed by atoms with Gasteiger partial charge in [0, 0.05) is 5.41 Å². The van der Waals surface area contributed by atoms with Crippen molar-refractivity contribution < 1.29 is 5.11 Å². The van der Waals surface area contributed by atoms with Crippen LogP contribution in [0.2, 0.25) is 0 Å². The molecule has 0 saturated heterocycles. The van der Waals surface area contributed by atoms with Crippen molar-refractivity contribution in [1.82, 2.24) is 4.98 Å². The van der Waals surface area contributed by atoms with Gasteiger partial charge in [0.05, 0.1) is 10.2 Å². The molecular weight excluding hydrogens is 244 g/mol. The molecular formula is C14H14N2OS. The van der Waals surface area contributed by atoms with Crippen LogP contribution in [-0.2, 0) is 0 Å². The summed E-state index contributed by atoms with van der Waals surface area (Å²) in [5, 5.41) is 20.0. The van der Waals surface area contributed by atoms with Gasteiger partial charge in [0.1, 0.15) is 22.4 Å². The number of aliphatic hydroxyl groups is 1. The molecule has 1 heterocycles. The molecule has 0 aliphatic heterocycles. The minimum atomic E-state index is -0.455. The maximum atomic E-state index is 10.1. The lowest BCUT2D eigenvalue weighted by atomic mass is 9.91. The second-order valence-electron chi connectivity index (χ2n) is 5.07. The number of para-hydroxylation sites is 1. The topological polar surface area (TPSA) is 56.9 Å². The van der Waals surface area contributed by atoms with Crippen molar-refractivity contribution in [2.24, 2.45) is 5.41 Å². The van der Waals surface area contributed by atoms with Gasteiger partial charge in [-0.05, 0) is 12.1 Å². The summed E-state index contributed by atoms with van der Waals surface area (Å²) in [6.07, 6.45) is 0. The van der Waals surface area contributed by atoms with E-state index in [0.717, 1.165) is 10.2 Å². The van der Waals surface area contributed by atoms with Crippen LogP contribution in [0.1, 0.15) is 25.8 Å². The molecule has 0 unspecified atom stereocenters. The zero-order valence-corrected chi connectivity index (χ0v) is 11.4. The standard InChI is InChI=1S/C14H14N2OS/c1-14(2,3)12(17)9(8-15)13-16-10-6-4-5-7-11(10)18-13/h4-7,17H,1-3H3. The van der Waals surface area contributed by atoms with E-state index in [9.17, 15) is 10.4 Å². The van der Waals surface area contributed by atoms with Crippen molar-refractivity contribution in [2.45, 2.75) is 20.8 Å². The molecule has 1 N–H and O–H groups in total. The minimum absolute atomic E-state index is 0.0871. The first-order chi connectivity index (χ1) is 8.43. The lowest BCUT2D eigenvalue weighted by Gasteiger charge is -2.18. The number of aliphatic hydroxyl groups excluding tert-OH is 1. The van der Waals surface area contributed by atoms with E-state index in [1.54, 1.807) is 0 Å². The Labute approximate surface area is 110 Å². The van der Waals surface area contributed by atoms with E-state index in [1.807, 2.05) is 45.0 Å². The molecule has 0 saturated carbocycles. The van der Waals surface area contributed by atoms with Gasteiger partial charge < -0.3 is 5.11 Å². The van der Waals surface area contributed by atoms with Crippen molar-refractivity contribution in [3.8, 4) is 6.07 Å². The summed E-state index contributed by atoms with van der Waals surface area (Å²) < 4.78 is 1.02. The SMILES string of the molecule is CC(C)(C)C(O)=C(C#N)c1nc2ccccc2s1. The summed E-state index contributed by atoms with van der Waals surface area (Å²) in [6.45, 7) is 5.60. The van der Waals surface area contributed by atoms with Crippen molar-refractivity contribution in [2.75, 3.05) is 0 Å². The Kier molecular flexibility index (Phi) is 3.10. The molecule has 4 heteroatoms. The van der Waals surface area contributed by atoms with Gasteiger partial charge in [-0.25, -0.2) is 4.98 Å². The third kappa shape index (κ3) is 2.22. The normalized spacial score (nSPS) is 13.2. The van der Waals surface area contributed by atoms with Crippen LogP contribution >= 0.6 is 11.3 Å². The van der Waals surface area contributed by atoms with Crippen molar-refractivity contribution in [3.05, 3.63) is 35.0 Å². The van der Waals surface area contributed by atoms with Crippen LogP contribution in [0.25, 0.3) is 15.8 Å². The first kappa shape index (κ1) is 12.6. The Hall–Kier alpha value is -1.86. The fourth-order valence-electron chi connectivity index (χ4n) is 1.56. The van der Waals surface area contributed by atoms with Crippen LogP contribution in [0.5, 0.6) is 0 Å². The van der Waals surface area contributed by atoms with Crippen LogP contribution in [0, 0.1) is 16.7 Å². The van der Waals surface area contributed by atoms with Gasteiger partial charge in [-0.1, -0.05) is 32.9 Å². The first-order valence-corrected chi connectivity index (χ1v) is 6.45. The van der Waals surface area contributed by atoms with Crippen LogP contribution < -0.4 is 0 Å². The molecule has 0 amide bonds. The molecule has 0 aliphatic carbocycles. The third-order valence-electron chi connectivity index (χ3n) is 2.57. The Bertz CT molecular complexity index is 623. The van der Waals surface area contributed by atoms with E-state index in [-0.39, 0.29) is 11.3 Å². The Balaban J connectivity index is 2.62. The van der Waals surface area contributed by atoms with Gasteiger partial charge >= 0.3 is 0 Å². The molecule has 92 valence electrons. The molecule has 0 spiro atoms. The second-order valence-corrected chi connectivity index (χ2v) is 6.10. The van der Waals surface area contributed by atoms with Crippen molar-refractivity contribution >= 4 is 27.1 Å². The highest BCUT2D eigenvalue weighted by Gasteiger charge is 2.23. The highest BCUT2D eigenvalue weighted by atomic mass is 32.1. The summed E-state index contributed by atoms with van der Waals surface area (Å²) in [4.78, 5) is 4.40. The van der Waals surface area contributed by atoms with Gasteiger partial charge in [-0.2, -0.15) is 5.26 Å². The number of thiazole rings is 1. The number of hydrogen-bond acceptors (Lipinski definition) is 4. The number of rotatable bonds is 1. The summed E-state index contributed by atoms with van der Waals surface area (Å²) >= 11 is 1.42. The van der Waals surface area contributed by atoms with Gasteiger partial charge in [0.15, 0.2) is 0 Å². The highest BCUT2D eigenvalue weighted by molar-refractivity contribution is 7.19. The number of benzene rings is 1. The van der Waals surface area contributed by atoms with E-state index in [1.165, 1.54) is 11.3 Å². The Morgan fingerprint density at radius 1 is 1.33 bits per heavy atom. The van der Waals surface area contributed by atoms with Crippen molar-refractivity contribution in [1.29, 1.82) is 5.26 Å². The molecule has 0 fully saturated rings. The molecule has 2 rings (SSSR count). The lowest BCUT2D eigenvalue weighted by Crippen LogP contribution is -2.10. The first-order valence-electron chi connectivity index (χ1n) is 5.63. The zero-order valence-electron chi connectivity index (χ0n) is 10.6. The summed E-state index contributed by atoms with van der Waals surface area (Å²) in [5.74, 6) is 0.0871. The Morgan fingerprint density at radius 2 is 2.00 bits per heavy atom. The number of aromatic nitrogens is 1. The third-order valence-corrected chi connectivity index (χ3v) is 3.62. The van der Waals surface area contributed by atoms with E-state index < -0.39 is 5.41 Å². The molecule has 0 bridgehead atoms. The number of allylic oxidation sites excluding steroid dienone is 2. The van der Waals surface area contributed by atoms with E-state index >= 15 is 0 Å². The van der Waals surface area contributed by atoms with Crippen LogP contribution in [0.4, 0.5) is 0 Å². The average molecular weight is 258 g/mol. The molecule has 18 heavy (non-hydrogen) atoms. The monoisotopic (exact) mass is 258 g/mol. The quantitative estimate of drug-likeness (QED) is 0.618. The number of hydrogen-bond donors (Lipinski definition) is 1. The van der Waals surface area contributed by atoms with Gasteiger partial charge in [0.2, 0.25) is 0 Å². The molecule has 0 atom stereocenters. The average Bonchev–Trinajstić information content (AvgIpc) is 2.71. The zero-order chi connectivity index (χ0) is 13.3. The van der Waals surface area contributed by atoms with E-state index in [4.69, 9.17) is 0 Å². The van der Waals surface area contributed by atoms with Crippen molar-refractivity contribution in [3.63, 3.8) is 0 Å². The molecule has 0 aliphatic rings. The Morgan fingerprint density at radius 3 is 2.56 bits per heavy atom. The number of fused-ring (bicyclic) bond motifs is 1. The maximum Gasteiger partial charge on any atom is 0.138 e. The predicted molar refractivity (Wildman–Crippen MR) is 74.2 cm³/mol. The fourth-order valence-corrected chi connectivity index (χ4v) is 2.52. The van der Waals surface area contributed by atoms with Gasteiger partial charge in [0.25, 0.3) is 0 Å². The van der Waals surface area contributed by atoms with Crippen LogP contribution in [0.3, 0.4) is 0 Å². The summed E-state index contributed by atoms with van der Waals surface area (Å²) in [7, 11) is 0. The summed E-state index contributed by atoms with van der Waals surface area (Å²) in [6, 6.07) is 9.76. The smallest absolute Gasteiger partial charge is 0.138 e. The molecule has 2 aromatic rings. The predicted octanol–water partition coefficient (Wildman–Crippen LogP) is 4.14. The largest absolute Gasteiger partial charge is 0.510 e. The second kappa shape index (κ2) is 4.43. The fraction of sp³-hybridized carbons (Fsp3) is 0.286. The molecule has 3 nitrogen and oxygen atoms in total. The number of nitrogens with zero attached hydrogens (tertiary/aromatic N) is 2. The van der Waals surface area contributed by atoms with Crippen LogP contribution in [0.15, 0.2) is 30.0 Å². The molecule has 0 radical (unpaired) electrons. The maximum absolute atomic E-state index is 10.1. The van der Waals surface area contributed by atoms with Crippen LogP contribution in [-0.4, -0.2) is 10.1 Å². The van der Waals surface area contributed by atoms with E-state index in [0.29, 0.717) is 5.01 Å². The van der Waals surface area contributed by atoms with Gasteiger partial charge in [-0.15, -0.1) is 11.3 Å². The molecule has 1 aromatic heterocycles. The lowest BCUT2D eigenvalue weighted by molar-refractivity contribution is 0.281. The minimum Gasteiger partial charge on any atom is -0.510 e.